The van der Waals surface area contributed by atoms with E-state index in [2.05, 4.69) is 5.32 Å². The van der Waals surface area contributed by atoms with Crippen LogP contribution in [0.3, 0.4) is 0 Å². The summed E-state index contributed by atoms with van der Waals surface area (Å²) in [6.45, 7) is 0. The summed E-state index contributed by atoms with van der Waals surface area (Å²) in [5, 5.41) is 12.0. The molecule has 0 aliphatic heterocycles. The van der Waals surface area contributed by atoms with Gasteiger partial charge in [0.15, 0.2) is 0 Å². The van der Waals surface area contributed by atoms with Crippen LogP contribution >= 0.6 is 0 Å². The third-order valence-electron chi connectivity index (χ3n) is 5.53. The number of benzene rings is 1. The average molecular weight is 315 g/mol. The Kier molecular flexibility index (Phi) is 4.99. The van der Waals surface area contributed by atoms with Gasteiger partial charge in [-0.25, -0.2) is 0 Å². The number of rotatable bonds is 4. The predicted octanol–water partition coefficient (Wildman–Crippen LogP) is 3.86. The zero-order chi connectivity index (χ0) is 16.2. The van der Waals surface area contributed by atoms with Crippen LogP contribution in [0.4, 0.5) is 5.69 Å². The van der Waals surface area contributed by atoms with Crippen molar-refractivity contribution in [3.63, 3.8) is 0 Å². The summed E-state index contributed by atoms with van der Waals surface area (Å²) in [5.41, 5.74) is 1.32. The first-order chi connectivity index (χ1) is 11.1. The van der Waals surface area contributed by atoms with E-state index >= 15 is 0 Å². The number of anilines is 1. The summed E-state index contributed by atoms with van der Waals surface area (Å²) in [7, 11) is 0. The maximum absolute atomic E-state index is 12.8. The zero-order valence-electron chi connectivity index (χ0n) is 13.5. The fraction of sp³-hybridized carbons (Fsp3) is 0.579. The van der Waals surface area contributed by atoms with Gasteiger partial charge in [-0.1, -0.05) is 50.3 Å². The number of carbonyl (C=O) groups is 2. The summed E-state index contributed by atoms with van der Waals surface area (Å²) in [6.07, 6.45) is 8.28. The van der Waals surface area contributed by atoms with Gasteiger partial charge in [0.2, 0.25) is 5.91 Å². The van der Waals surface area contributed by atoms with Gasteiger partial charge in [0.05, 0.1) is 6.42 Å². The molecular formula is C19H25NO3. The van der Waals surface area contributed by atoms with Crippen LogP contribution in [-0.2, 0) is 16.0 Å². The first-order valence-electron chi connectivity index (χ1n) is 8.75. The van der Waals surface area contributed by atoms with E-state index in [1.165, 1.54) is 32.1 Å². The van der Waals surface area contributed by atoms with Crippen molar-refractivity contribution in [1.29, 1.82) is 0 Å². The van der Waals surface area contributed by atoms with Crippen molar-refractivity contribution in [1.82, 2.24) is 0 Å². The molecule has 23 heavy (non-hydrogen) atoms. The lowest BCUT2D eigenvalue weighted by atomic mass is 9.65. The minimum absolute atomic E-state index is 0.0623. The van der Waals surface area contributed by atoms with Gasteiger partial charge in [-0.15, -0.1) is 0 Å². The first-order valence-corrected chi connectivity index (χ1v) is 8.75. The van der Waals surface area contributed by atoms with Crippen LogP contribution in [0.2, 0.25) is 0 Å². The Balaban J connectivity index is 1.72. The van der Waals surface area contributed by atoms with Crippen molar-refractivity contribution in [2.45, 2.75) is 51.4 Å². The number of nitrogens with one attached hydrogen (secondary N) is 1. The number of aliphatic carboxylic acids is 1. The summed E-state index contributed by atoms with van der Waals surface area (Å²) in [5.74, 6) is 0.523. The van der Waals surface area contributed by atoms with E-state index in [1.54, 1.807) is 12.1 Å². The van der Waals surface area contributed by atoms with Crippen molar-refractivity contribution in [2.75, 3.05) is 5.32 Å². The second kappa shape index (κ2) is 7.16. The highest BCUT2D eigenvalue weighted by Crippen LogP contribution is 2.44. The Morgan fingerprint density at radius 1 is 1.04 bits per heavy atom. The van der Waals surface area contributed by atoms with E-state index in [0.29, 0.717) is 23.1 Å². The highest BCUT2D eigenvalue weighted by atomic mass is 16.4. The van der Waals surface area contributed by atoms with Gasteiger partial charge >= 0.3 is 5.97 Å². The van der Waals surface area contributed by atoms with E-state index in [4.69, 9.17) is 5.11 Å². The smallest absolute Gasteiger partial charge is 0.307 e. The molecule has 4 nitrogen and oxygen atoms in total. The SMILES string of the molecule is O=C(O)Cc1ccccc1NC(=O)C1CCCC2CCCCC21. The number of carboxylic acids is 1. The largest absolute Gasteiger partial charge is 0.481 e. The van der Waals surface area contributed by atoms with Crippen molar-refractivity contribution >= 4 is 17.6 Å². The van der Waals surface area contributed by atoms with Crippen LogP contribution in [-0.4, -0.2) is 17.0 Å². The first kappa shape index (κ1) is 16.0. The van der Waals surface area contributed by atoms with Gasteiger partial charge in [-0.3, -0.25) is 9.59 Å². The Bertz CT molecular complexity index is 582. The molecule has 3 rings (SSSR count). The molecule has 0 radical (unpaired) electrons. The number of para-hydroxylation sites is 1. The number of hydrogen-bond donors (Lipinski definition) is 2. The van der Waals surface area contributed by atoms with Gasteiger partial charge in [0.25, 0.3) is 0 Å². The molecule has 2 aliphatic rings. The highest BCUT2D eigenvalue weighted by Gasteiger charge is 2.38. The molecule has 1 aromatic rings. The zero-order valence-corrected chi connectivity index (χ0v) is 13.5. The highest BCUT2D eigenvalue weighted by molar-refractivity contribution is 5.94. The van der Waals surface area contributed by atoms with Crippen LogP contribution in [0.5, 0.6) is 0 Å². The second-order valence-electron chi connectivity index (χ2n) is 6.96. The van der Waals surface area contributed by atoms with Crippen molar-refractivity contribution in [2.24, 2.45) is 17.8 Å². The van der Waals surface area contributed by atoms with E-state index in [-0.39, 0.29) is 18.2 Å². The molecule has 2 saturated carbocycles. The monoisotopic (exact) mass is 315 g/mol. The molecule has 0 bridgehead atoms. The summed E-state index contributed by atoms with van der Waals surface area (Å²) >= 11 is 0. The normalized spacial score (nSPS) is 27.0. The third-order valence-corrected chi connectivity index (χ3v) is 5.53. The number of carboxylic acid groups (broad SMARTS) is 1. The molecule has 1 aromatic carbocycles. The Morgan fingerprint density at radius 2 is 1.78 bits per heavy atom. The lowest BCUT2D eigenvalue weighted by Gasteiger charge is -2.40. The topological polar surface area (TPSA) is 66.4 Å². The fourth-order valence-corrected chi connectivity index (χ4v) is 4.45. The molecule has 0 heterocycles. The molecule has 2 aliphatic carbocycles. The molecule has 0 aromatic heterocycles. The van der Waals surface area contributed by atoms with Crippen LogP contribution in [0.25, 0.3) is 0 Å². The van der Waals surface area contributed by atoms with Gasteiger partial charge < -0.3 is 10.4 Å². The molecule has 2 N–H and O–H groups in total. The van der Waals surface area contributed by atoms with E-state index < -0.39 is 5.97 Å². The molecule has 1 amide bonds. The lowest BCUT2D eigenvalue weighted by molar-refractivity contribution is -0.136. The third kappa shape index (κ3) is 3.74. The summed E-state index contributed by atoms with van der Waals surface area (Å²) < 4.78 is 0. The predicted molar refractivity (Wildman–Crippen MR) is 89.2 cm³/mol. The van der Waals surface area contributed by atoms with Crippen molar-refractivity contribution in [3.8, 4) is 0 Å². The Hall–Kier alpha value is -1.84. The number of hydrogen-bond acceptors (Lipinski definition) is 2. The van der Waals surface area contributed by atoms with Crippen LogP contribution in [0.15, 0.2) is 24.3 Å². The minimum Gasteiger partial charge on any atom is -0.481 e. The fourth-order valence-electron chi connectivity index (χ4n) is 4.45. The Labute approximate surface area is 137 Å². The average Bonchev–Trinajstić information content (AvgIpc) is 2.55. The van der Waals surface area contributed by atoms with Gasteiger partial charge in [0.1, 0.15) is 0 Å². The van der Waals surface area contributed by atoms with Gasteiger partial charge in [-0.2, -0.15) is 0 Å². The van der Waals surface area contributed by atoms with E-state index in [9.17, 15) is 9.59 Å². The number of amides is 1. The molecule has 2 fully saturated rings. The van der Waals surface area contributed by atoms with Gasteiger partial charge in [-0.05, 0) is 36.3 Å². The van der Waals surface area contributed by atoms with Gasteiger partial charge in [0, 0.05) is 11.6 Å². The van der Waals surface area contributed by atoms with E-state index in [0.717, 1.165) is 12.8 Å². The summed E-state index contributed by atoms with van der Waals surface area (Å²) in [6, 6.07) is 7.22. The molecule has 0 saturated heterocycles. The lowest BCUT2D eigenvalue weighted by Crippen LogP contribution is -2.38. The van der Waals surface area contributed by atoms with E-state index in [1.807, 2.05) is 12.1 Å². The van der Waals surface area contributed by atoms with Crippen molar-refractivity contribution in [3.05, 3.63) is 29.8 Å². The molecule has 3 unspecified atom stereocenters. The molecule has 4 heteroatoms. The van der Waals surface area contributed by atoms with Crippen LogP contribution in [0, 0.1) is 17.8 Å². The van der Waals surface area contributed by atoms with Crippen LogP contribution in [0.1, 0.15) is 50.5 Å². The quantitative estimate of drug-likeness (QED) is 0.886. The molecule has 0 spiro atoms. The van der Waals surface area contributed by atoms with Crippen molar-refractivity contribution < 1.29 is 14.7 Å². The number of carbonyl (C=O) groups excluding carboxylic acids is 1. The minimum atomic E-state index is -0.878. The molecular weight excluding hydrogens is 290 g/mol. The second-order valence-corrected chi connectivity index (χ2v) is 6.96. The maximum atomic E-state index is 12.8. The molecule has 3 atom stereocenters. The standard InChI is InChI=1S/C19H25NO3/c21-18(22)12-14-7-2-4-11-17(14)20-19(23)16-10-5-8-13-6-1-3-9-15(13)16/h2,4,7,11,13,15-16H,1,3,5-6,8-10,12H2,(H,20,23)(H,21,22). The maximum Gasteiger partial charge on any atom is 0.307 e. The molecule has 124 valence electrons. The Morgan fingerprint density at radius 3 is 2.61 bits per heavy atom. The number of fused-ring (bicyclic) bond motifs is 1. The summed E-state index contributed by atoms with van der Waals surface area (Å²) in [4.78, 5) is 23.8. The van der Waals surface area contributed by atoms with Crippen LogP contribution < -0.4 is 5.32 Å².